The maximum atomic E-state index is 13.4. The maximum Gasteiger partial charge on any atom is 0.264 e. The predicted octanol–water partition coefficient (Wildman–Crippen LogP) is 5.12. The number of anilines is 1. The zero-order chi connectivity index (χ0) is 29.9. The molecule has 0 aromatic heterocycles. The monoisotopic (exact) mass is 616 g/mol. The Morgan fingerprint density at radius 1 is 1.12 bits per heavy atom. The van der Waals surface area contributed by atoms with Gasteiger partial charge in [0.25, 0.3) is 5.91 Å². The third kappa shape index (κ3) is 7.13. The van der Waals surface area contributed by atoms with Crippen LogP contribution in [0.4, 0.5) is 5.69 Å². The Hall–Kier alpha value is -2.59. The van der Waals surface area contributed by atoms with E-state index in [1.54, 1.807) is 18.2 Å². The quantitative estimate of drug-likeness (QED) is 0.451. The second-order valence-corrected chi connectivity index (χ2v) is 14.3. The highest BCUT2D eigenvalue weighted by atomic mass is 35.5. The average molecular weight is 617 g/mol. The second-order valence-electron chi connectivity index (χ2n) is 11.9. The third-order valence-electron chi connectivity index (χ3n) is 8.91. The van der Waals surface area contributed by atoms with Crippen molar-refractivity contribution in [1.29, 1.82) is 0 Å². The first-order chi connectivity index (χ1) is 20.1. The van der Waals surface area contributed by atoms with E-state index in [9.17, 15) is 18.3 Å². The lowest BCUT2D eigenvalue weighted by Crippen LogP contribution is -2.43. The maximum absolute atomic E-state index is 13.4. The van der Waals surface area contributed by atoms with Crippen molar-refractivity contribution in [3.05, 3.63) is 70.3 Å². The average Bonchev–Trinajstić information content (AvgIpc) is 2.96. The number of rotatable bonds is 2. The molecule has 1 saturated carbocycles. The van der Waals surface area contributed by atoms with Crippen molar-refractivity contribution >= 4 is 33.2 Å². The summed E-state index contributed by atoms with van der Waals surface area (Å²) in [6.45, 7) is 3.65. The lowest BCUT2D eigenvalue weighted by atomic mass is 9.70. The molecular formula is C32H41ClN2O6S. The van der Waals surface area contributed by atoms with Crippen LogP contribution >= 0.6 is 11.6 Å². The number of hydrogen-bond donors (Lipinski definition) is 2. The van der Waals surface area contributed by atoms with Crippen molar-refractivity contribution in [1.82, 2.24) is 4.72 Å². The summed E-state index contributed by atoms with van der Waals surface area (Å²) in [4.78, 5) is 15.6. The zero-order valence-electron chi connectivity index (χ0n) is 24.3. The van der Waals surface area contributed by atoms with Crippen molar-refractivity contribution in [2.75, 3.05) is 31.7 Å². The van der Waals surface area contributed by atoms with Crippen LogP contribution in [-0.4, -0.2) is 57.6 Å². The van der Waals surface area contributed by atoms with Crippen LogP contribution in [0, 0.1) is 17.8 Å². The van der Waals surface area contributed by atoms with E-state index in [0.717, 1.165) is 55.5 Å². The summed E-state index contributed by atoms with van der Waals surface area (Å²) in [5.74, 6) is 0.202. The fraction of sp³-hybridized carbons (Fsp3) is 0.531. The minimum absolute atomic E-state index is 0.0491. The molecule has 0 radical (unpaired) electrons. The number of methoxy groups -OCH3 is 1. The smallest absolute Gasteiger partial charge is 0.264 e. The summed E-state index contributed by atoms with van der Waals surface area (Å²) >= 11 is 6.30. The highest BCUT2D eigenvalue weighted by Gasteiger charge is 2.37. The number of carbonyl (C=O) groups excluding carboxylic acids is 1. The molecule has 2 N–H and O–H groups in total. The molecule has 2 heterocycles. The van der Waals surface area contributed by atoms with E-state index in [-0.39, 0.29) is 36.3 Å². The highest BCUT2D eigenvalue weighted by Crippen LogP contribution is 2.41. The first-order valence-electron chi connectivity index (χ1n) is 14.8. The van der Waals surface area contributed by atoms with Gasteiger partial charge in [-0.1, -0.05) is 36.7 Å². The standard InChI is InChI=1S/C32H41ClN2O6S/c1-21-6-12-30(36)28-11-8-24(28)18-35-14-4-3-5-22-16-26(33)10-7-25(22)19-41-31-13-9-23(17-29(31)35)32(37)34-42(38,39)27(15-21)20-40-2/h6-7,9-10,12-13,16-17,21,24,27-28,30,36H,3-5,8,11,14-15,18-20H2,1-2H3,(H,34,37)/b12-6+/t21-,24-,27-,28+,30-/m0/s1. The summed E-state index contributed by atoms with van der Waals surface area (Å²) in [6.07, 6.45) is 8.03. The molecule has 1 fully saturated rings. The lowest BCUT2D eigenvalue weighted by molar-refractivity contribution is 0.0459. The first-order valence-corrected chi connectivity index (χ1v) is 16.8. The number of aliphatic hydroxyl groups is 1. The number of aliphatic hydroxyl groups excluding tert-OH is 1. The number of nitrogens with zero attached hydrogens (tertiary/aromatic N) is 1. The van der Waals surface area contributed by atoms with Crippen LogP contribution in [0.5, 0.6) is 5.75 Å². The van der Waals surface area contributed by atoms with Crippen LogP contribution in [-0.2, 0) is 27.8 Å². The summed E-state index contributed by atoms with van der Waals surface area (Å²) in [5, 5.41) is 10.9. The summed E-state index contributed by atoms with van der Waals surface area (Å²) in [7, 11) is -2.60. The summed E-state index contributed by atoms with van der Waals surface area (Å²) in [6, 6.07) is 11.0. The second kappa shape index (κ2) is 13.4. The Bertz CT molecular complexity index is 1410. The Kier molecular flexibility index (Phi) is 9.82. The molecule has 2 aliphatic heterocycles. The molecule has 10 heteroatoms. The number of aryl methyl sites for hydroxylation is 1. The zero-order valence-corrected chi connectivity index (χ0v) is 25.9. The molecule has 42 heavy (non-hydrogen) atoms. The molecule has 2 aromatic rings. The van der Waals surface area contributed by atoms with Gasteiger partial charge in [0.1, 0.15) is 17.6 Å². The van der Waals surface area contributed by atoms with E-state index in [0.29, 0.717) is 23.9 Å². The number of sulfonamides is 1. The van der Waals surface area contributed by atoms with Gasteiger partial charge in [-0.3, -0.25) is 4.79 Å². The molecule has 2 bridgehead atoms. The molecule has 5 atom stereocenters. The SMILES string of the molecule is COC[C@@H]1C[C@@H](C)/C=C/[C@H](O)[C@@H]2CC[C@H]2CN2CCCCc3cc(Cl)ccc3COc3ccc(cc32)C(=O)NS1(=O)=O. The normalized spacial score (nSPS) is 29.0. The molecule has 0 saturated heterocycles. The number of carbonyl (C=O) groups is 1. The van der Waals surface area contributed by atoms with Gasteiger partial charge < -0.3 is 19.5 Å². The topological polar surface area (TPSA) is 105 Å². The van der Waals surface area contributed by atoms with Gasteiger partial charge in [-0.25, -0.2) is 13.1 Å². The number of amides is 1. The fourth-order valence-corrected chi connectivity index (χ4v) is 7.92. The molecule has 0 unspecified atom stereocenters. The van der Waals surface area contributed by atoms with Crippen molar-refractivity contribution in [3.8, 4) is 5.75 Å². The Labute approximate surface area is 254 Å². The number of halogens is 1. The van der Waals surface area contributed by atoms with Gasteiger partial charge in [0, 0.05) is 30.8 Å². The minimum atomic E-state index is -4.04. The van der Waals surface area contributed by atoms with Gasteiger partial charge >= 0.3 is 0 Å². The molecule has 0 spiro atoms. The first kappa shape index (κ1) is 30.9. The molecule has 228 valence electrons. The molecule has 5 rings (SSSR count). The number of benzene rings is 2. The number of nitrogens with one attached hydrogen (secondary N) is 1. The molecule has 1 aliphatic carbocycles. The third-order valence-corrected chi connectivity index (χ3v) is 10.8. The molecule has 1 amide bonds. The Morgan fingerprint density at radius 2 is 1.95 bits per heavy atom. The number of allylic oxidation sites excluding steroid dienone is 1. The van der Waals surface area contributed by atoms with E-state index in [1.807, 2.05) is 37.3 Å². The van der Waals surface area contributed by atoms with Crippen LogP contribution in [0.15, 0.2) is 48.6 Å². The van der Waals surface area contributed by atoms with E-state index in [4.69, 9.17) is 21.1 Å². The fourth-order valence-electron chi connectivity index (χ4n) is 6.31. The van der Waals surface area contributed by atoms with Crippen LogP contribution in [0.2, 0.25) is 5.02 Å². The van der Waals surface area contributed by atoms with Crippen LogP contribution in [0.25, 0.3) is 0 Å². The Balaban J connectivity index is 1.54. The molecule has 2 aromatic carbocycles. The highest BCUT2D eigenvalue weighted by molar-refractivity contribution is 7.90. The van der Waals surface area contributed by atoms with Gasteiger partial charge in [0.05, 0.1) is 18.4 Å². The van der Waals surface area contributed by atoms with Gasteiger partial charge in [0.15, 0.2) is 0 Å². The molecule has 8 nitrogen and oxygen atoms in total. The molecule has 3 aliphatic rings. The number of hydrogen-bond acceptors (Lipinski definition) is 7. The Morgan fingerprint density at radius 3 is 2.71 bits per heavy atom. The summed E-state index contributed by atoms with van der Waals surface area (Å²) in [5.41, 5.74) is 3.23. The van der Waals surface area contributed by atoms with E-state index >= 15 is 0 Å². The largest absolute Gasteiger partial charge is 0.487 e. The van der Waals surface area contributed by atoms with Crippen LogP contribution in [0.1, 0.15) is 60.5 Å². The van der Waals surface area contributed by atoms with Gasteiger partial charge in [-0.15, -0.1) is 0 Å². The number of ether oxygens (including phenoxy) is 2. The van der Waals surface area contributed by atoms with Crippen molar-refractivity contribution < 1.29 is 27.8 Å². The minimum Gasteiger partial charge on any atom is -0.487 e. The van der Waals surface area contributed by atoms with Crippen LogP contribution < -0.4 is 14.4 Å². The van der Waals surface area contributed by atoms with Crippen molar-refractivity contribution in [2.24, 2.45) is 17.8 Å². The lowest BCUT2D eigenvalue weighted by Gasteiger charge is -2.42. The van der Waals surface area contributed by atoms with E-state index in [1.165, 1.54) is 7.11 Å². The summed E-state index contributed by atoms with van der Waals surface area (Å²) < 4.78 is 40.6. The van der Waals surface area contributed by atoms with Crippen molar-refractivity contribution in [2.45, 2.75) is 63.4 Å². The number of fused-ring (bicyclic) bond motifs is 3. The van der Waals surface area contributed by atoms with Gasteiger partial charge in [0.2, 0.25) is 10.0 Å². The van der Waals surface area contributed by atoms with Crippen molar-refractivity contribution in [3.63, 3.8) is 0 Å². The predicted molar refractivity (Wildman–Crippen MR) is 165 cm³/mol. The van der Waals surface area contributed by atoms with E-state index < -0.39 is 27.3 Å². The van der Waals surface area contributed by atoms with Gasteiger partial charge in [-0.05, 0) is 97.7 Å². The molecular weight excluding hydrogens is 576 g/mol. The van der Waals surface area contributed by atoms with E-state index in [2.05, 4.69) is 9.62 Å². The van der Waals surface area contributed by atoms with Crippen LogP contribution in [0.3, 0.4) is 0 Å². The van der Waals surface area contributed by atoms with Gasteiger partial charge in [-0.2, -0.15) is 0 Å².